The van der Waals surface area contributed by atoms with Crippen molar-refractivity contribution < 1.29 is 18.7 Å². The monoisotopic (exact) mass is 480 g/mol. The molecule has 5 aromatic rings. The van der Waals surface area contributed by atoms with Gasteiger partial charge in [0.15, 0.2) is 11.5 Å². The summed E-state index contributed by atoms with van der Waals surface area (Å²) in [6, 6.07) is 22.6. The van der Waals surface area contributed by atoms with Crippen LogP contribution in [0.15, 0.2) is 88.5 Å². The van der Waals surface area contributed by atoms with Gasteiger partial charge in [0.1, 0.15) is 17.3 Å². The predicted octanol–water partition coefficient (Wildman–Crippen LogP) is 6.10. The zero-order valence-electron chi connectivity index (χ0n) is 19.9. The average molecular weight is 481 g/mol. The molecule has 0 aliphatic heterocycles. The summed E-state index contributed by atoms with van der Waals surface area (Å²) in [6.07, 6.45) is 3.11. The number of para-hydroxylation sites is 1. The maximum absolute atomic E-state index is 12.8. The fraction of sp³-hybridized carbons (Fsp3) is 0.143. The number of aryl methyl sites for hydroxylation is 1. The van der Waals surface area contributed by atoms with Crippen LogP contribution in [0.5, 0.6) is 11.5 Å². The van der Waals surface area contributed by atoms with Crippen LogP contribution in [0.2, 0.25) is 0 Å². The molecule has 36 heavy (non-hydrogen) atoms. The van der Waals surface area contributed by atoms with E-state index in [1.165, 1.54) is 0 Å². The van der Waals surface area contributed by atoms with Gasteiger partial charge < -0.3 is 13.9 Å². The predicted molar refractivity (Wildman–Crippen MR) is 136 cm³/mol. The van der Waals surface area contributed by atoms with Gasteiger partial charge in [0, 0.05) is 5.69 Å². The van der Waals surface area contributed by atoms with E-state index in [4.69, 9.17) is 13.9 Å². The zero-order chi connectivity index (χ0) is 24.9. The number of ether oxygens (including phenoxy) is 2. The maximum Gasteiger partial charge on any atom is 0.339 e. The van der Waals surface area contributed by atoms with Gasteiger partial charge in [-0.15, -0.1) is 0 Å². The number of aliphatic imine (C=N–C) groups is 1. The average Bonchev–Trinajstić information content (AvgIpc) is 3.52. The molecule has 5 rings (SSSR count). The SMILES string of the molecule is CCOC(=O)c1cc(/N=C/c2ccco2)nc2nn(Cc3ccc(Oc4ccccc4)cc3)c(C)c12. The minimum absolute atomic E-state index is 0.262. The number of nitrogens with zero attached hydrogens (tertiary/aromatic N) is 4. The van der Waals surface area contributed by atoms with Crippen LogP contribution in [0.25, 0.3) is 11.0 Å². The van der Waals surface area contributed by atoms with Crippen molar-refractivity contribution in [2.24, 2.45) is 4.99 Å². The molecule has 8 heteroatoms. The molecule has 0 N–H and O–H groups in total. The quantitative estimate of drug-likeness (QED) is 0.197. The van der Waals surface area contributed by atoms with Crippen LogP contribution in [0, 0.1) is 6.92 Å². The first-order chi connectivity index (χ1) is 17.6. The van der Waals surface area contributed by atoms with Crippen molar-refractivity contribution in [3.05, 3.63) is 102 Å². The highest BCUT2D eigenvalue weighted by atomic mass is 16.5. The van der Waals surface area contributed by atoms with E-state index in [1.807, 2.05) is 66.2 Å². The number of carbonyl (C=O) groups excluding carboxylic acids is 1. The summed E-state index contributed by atoms with van der Waals surface area (Å²) in [5.74, 6) is 2.01. The van der Waals surface area contributed by atoms with E-state index in [-0.39, 0.29) is 6.61 Å². The summed E-state index contributed by atoms with van der Waals surface area (Å²) in [7, 11) is 0. The number of fused-ring (bicyclic) bond motifs is 1. The second kappa shape index (κ2) is 10.3. The molecule has 8 nitrogen and oxygen atoms in total. The number of pyridine rings is 1. The summed E-state index contributed by atoms with van der Waals surface area (Å²) < 4.78 is 18.3. The Bertz CT molecular complexity index is 1510. The van der Waals surface area contributed by atoms with Crippen molar-refractivity contribution in [3.8, 4) is 11.5 Å². The molecule has 0 saturated carbocycles. The van der Waals surface area contributed by atoms with Gasteiger partial charge in [0.25, 0.3) is 0 Å². The van der Waals surface area contributed by atoms with Crippen LogP contribution in [0.3, 0.4) is 0 Å². The highest BCUT2D eigenvalue weighted by Gasteiger charge is 2.20. The van der Waals surface area contributed by atoms with Crippen LogP contribution in [0.1, 0.15) is 34.3 Å². The molecule has 180 valence electrons. The van der Waals surface area contributed by atoms with Crippen LogP contribution in [-0.2, 0) is 11.3 Å². The summed E-state index contributed by atoms with van der Waals surface area (Å²) >= 11 is 0. The van der Waals surface area contributed by atoms with Crippen LogP contribution in [-0.4, -0.2) is 33.6 Å². The molecule has 0 aliphatic rings. The molecule has 0 saturated heterocycles. The van der Waals surface area contributed by atoms with E-state index < -0.39 is 5.97 Å². The Hall–Kier alpha value is -4.72. The van der Waals surface area contributed by atoms with Gasteiger partial charge in [0.2, 0.25) is 0 Å². The third-order valence-corrected chi connectivity index (χ3v) is 5.55. The first kappa shape index (κ1) is 23.0. The number of aromatic nitrogens is 3. The van der Waals surface area contributed by atoms with Gasteiger partial charge in [-0.2, -0.15) is 5.10 Å². The summed E-state index contributed by atoms with van der Waals surface area (Å²) in [5.41, 5.74) is 2.64. The molecule has 0 amide bonds. The molecule has 0 fully saturated rings. The number of hydrogen-bond acceptors (Lipinski definition) is 7. The third-order valence-electron chi connectivity index (χ3n) is 5.55. The molecule has 3 aromatic heterocycles. The van der Waals surface area contributed by atoms with Crippen molar-refractivity contribution in [2.45, 2.75) is 20.4 Å². The molecular formula is C28H24N4O4. The molecule has 3 heterocycles. The van der Waals surface area contributed by atoms with E-state index in [0.29, 0.717) is 34.7 Å². The first-order valence-corrected chi connectivity index (χ1v) is 11.6. The molecule has 0 aliphatic carbocycles. The summed E-state index contributed by atoms with van der Waals surface area (Å²) in [4.78, 5) is 21.7. The van der Waals surface area contributed by atoms with Crippen molar-refractivity contribution in [1.82, 2.24) is 14.8 Å². The van der Waals surface area contributed by atoms with Crippen LogP contribution >= 0.6 is 0 Å². The minimum Gasteiger partial charge on any atom is -0.463 e. The number of carbonyl (C=O) groups is 1. The van der Waals surface area contributed by atoms with Crippen molar-refractivity contribution in [1.29, 1.82) is 0 Å². The molecule has 0 radical (unpaired) electrons. The van der Waals surface area contributed by atoms with Crippen LogP contribution < -0.4 is 4.74 Å². The van der Waals surface area contributed by atoms with E-state index >= 15 is 0 Å². The number of hydrogen-bond donors (Lipinski definition) is 0. The lowest BCUT2D eigenvalue weighted by Crippen LogP contribution is -2.06. The third kappa shape index (κ3) is 5.02. The van der Waals surface area contributed by atoms with Crippen molar-refractivity contribution in [2.75, 3.05) is 6.61 Å². The number of furan rings is 1. The maximum atomic E-state index is 12.8. The van der Waals surface area contributed by atoms with Gasteiger partial charge in [-0.05, 0) is 61.9 Å². The Labute approximate surface area is 207 Å². The Kier molecular flexibility index (Phi) is 6.57. The van der Waals surface area contributed by atoms with E-state index in [1.54, 1.807) is 37.6 Å². The normalized spacial score (nSPS) is 11.3. The fourth-order valence-electron chi connectivity index (χ4n) is 3.81. The van der Waals surface area contributed by atoms with Gasteiger partial charge in [-0.25, -0.2) is 14.8 Å². The zero-order valence-corrected chi connectivity index (χ0v) is 19.9. The van der Waals surface area contributed by atoms with Crippen molar-refractivity contribution in [3.63, 3.8) is 0 Å². The summed E-state index contributed by atoms with van der Waals surface area (Å²) in [5, 5.41) is 5.32. The van der Waals surface area contributed by atoms with E-state index in [2.05, 4.69) is 15.1 Å². The lowest BCUT2D eigenvalue weighted by Gasteiger charge is -2.08. The Morgan fingerprint density at radius 2 is 1.83 bits per heavy atom. The lowest BCUT2D eigenvalue weighted by molar-refractivity contribution is 0.0528. The molecule has 0 atom stereocenters. The largest absolute Gasteiger partial charge is 0.463 e. The van der Waals surface area contributed by atoms with Gasteiger partial charge >= 0.3 is 5.97 Å². The second-order valence-corrected chi connectivity index (χ2v) is 8.02. The Balaban J connectivity index is 1.45. The Morgan fingerprint density at radius 1 is 1.06 bits per heavy atom. The van der Waals surface area contributed by atoms with Gasteiger partial charge in [0.05, 0.1) is 36.6 Å². The highest BCUT2D eigenvalue weighted by molar-refractivity contribution is 6.04. The Morgan fingerprint density at radius 3 is 2.56 bits per heavy atom. The molecular weight excluding hydrogens is 456 g/mol. The van der Waals surface area contributed by atoms with Crippen LogP contribution in [0.4, 0.5) is 5.82 Å². The lowest BCUT2D eigenvalue weighted by atomic mass is 10.1. The topological polar surface area (TPSA) is 91.7 Å². The minimum atomic E-state index is -0.440. The standard InChI is InChI=1S/C28H24N4O4/c1-3-34-28(33)24-16-25(29-17-23-10-7-15-35-23)30-27-26(24)19(2)32(31-27)18-20-11-13-22(14-12-20)36-21-8-5-4-6-9-21/h4-17H,3,18H2,1-2H3/b29-17+. The van der Waals surface area contributed by atoms with Gasteiger partial charge in [-0.1, -0.05) is 30.3 Å². The van der Waals surface area contributed by atoms with Gasteiger partial charge in [-0.3, -0.25) is 4.68 Å². The smallest absolute Gasteiger partial charge is 0.339 e. The van der Waals surface area contributed by atoms with E-state index in [9.17, 15) is 4.79 Å². The molecule has 0 unspecified atom stereocenters. The van der Waals surface area contributed by atoms with E-state index in [0.717, 1.165) is 22.8 Å². The second-order valence-electron chi connectivity index (χ2n) is 8.02. The molecule has 2 aromatic carbocycles. The number of benzene rings is 2. The summed E-state index contributed by atoms with van der Waals surface area (Å²) in [6.45, 7) is 4.45. The van der Waals surface area contributed by atoms with Crippen molar-refractivity contribution >= 4 is 29.0 Å². The first-order valence-electron chi connectivity index (χ1n) is 11.6. The molecule has 0 spiro atoms. The number of rotatable bonds is 8. The highest BCUT2D eigenvalue weighted by Crippen LogP contribution is 2.27. The number of esters is 1. The fourth-order valence-corrected chi connectivity index (χ4v) is 3.81. The molecule has 0 bridgehead atoms.